The average molecular weight is 216 g/mol. The second kappa shape index (κ2) is 4.61. The Labute approximate surface area is 93.5 Å². The predicted molar refractivity (Wildman–Crippen MR) is 59.5 cm³/mol. The summed E-state index contributed by atoms with van der Waals surface area (Å²) in [5.41, 5.74) is 0.552. The van der Waals surface area contributed by atoms with Gasteiger partial charge in [0.15, 0.2) is 6.61 Å². The molecule has 1 aromatic carbocycles. The van der Waals surface area contributed by atoms with E-state index in [1.54, 1.807) is 19.3 Å². The van der Waals surface area contributed by atoms with Crippen LogP contribution < -0.4 is 4.74 Å². The number of para-hydroxylation sites is 1. The van der Waals surface area contributed by atoms with Gasteiger partial charge in [-0.3, -0.25) is 9.48 Å². The van der Waals surface area contributed by atoms with Crippen molar-refractivity contribution in [1.82, 2.24) is 9.78 Å². The van der Waals surface area contributed by atoms with Gasteiger partial charge >= 0.3 is 0 Å². The van der Waals surface area contributed by atoms with Crippen LogP contribution in [-0.4, -0.2) is 22.2 Å². The summed E-state index contributed by atoms with van der Waals surface area (Å²) in [4.78, 5) is 11.7. The number of carbonyl (C=O) groups excluding carboxylic acids is 1. The first-order valence-electron chi connectivity index (χ1n) is 4.96. The topological polar surface area (TPSA) is 44.1 Å². The molecule has 1 heterocycles. The molecule has 1 aromatic heterocycles. The number of aryl methyl sites for hydroxylation is 1. The fraction of sp³-hybridized carbons (Fsp3) is 0.167. The highest BCUT2D eigenvalue weighted by molar-refractivity contribution is 5.95. The molecule has 2 aromatic rings. The van der Waals surface area contributed by atoms with Gasteiger partial charge in [0.2, 0.25) is 5.78 Å². The van der Waals surface area contributed by atoms with Gasteiger partial charge < -0.3 is 4.74 Å². The van der Waals surface area contributed by atoms with Crippen LogP contribution in [0.3, 0.4) is 0 Å². The van der Waals surface area contributed by atoms with Crippen LogP contribution in [-0.2, 0) is 7.05 Å². The number of rotatable bonds is 4. The molecule has 0 unspecified atom stereocenters. The van der Waals surface area contributed by atoms with Crippen molar-refractivity contribution in [2.75, 3.05) is 6.61 Å². The number of Topliss-reactive ketones (excluding diaryl/α,β-unsaturated/α-hetero) is 1. The molecule has 0 N–H and O–H groups in total. The lowest BCUT2D eigenvalue weighted by atomic mass is 10.3. The highest BCUT2D eigenvalue weighted by atomic mass is 16.5. The van der Waals surface area contributed by atoms with E-state index in [1.165, 1.54) is 4.68 Å². The second-order valence-corrected chi connectivity index (χ2v) is 3.36. The molecule has 16 heavy (non-hydrogen) atoms. The van der Waals surface area contributed by atoms with Gasteiger partial charge in [-0.2, -0.15) is 5.10 Å². The van der Waals surface area contributed by atoms with Crippen LogP contribution >= 0.6 is 0 Å². The Kier molecular flexibility index (Phi) is 3.00. The molecule has 4 heteroatoms. The zero-order valence-corrected chi connectivity index (χ0v) is 8.96. The summed E-state index contributed by atoms with van der Waals surface area (Å²) in [5, 5.41) is 3.93. The third-order valence-electron chi connectivity index (χ3n) is 2.22. The maximum Gasteiger partial charge on any atom is 0.218 e. The Balaban J connectivity index is 1.97. The van der Waals surface area contributed by atoms with E-state index in [9.17, 15) is 4.79 Å². The molecule has 0 aliphatic carbocycles. The molecule has 0 bridgehead atoms. The Morgan fingerprint density at radius 3 is 2.69 bits per heavy atom. The fourth-order valence-corrected chi connectivity index (χ4v) is 1.39. The van der Waals surface area contributed by atoms with Crippen molar-refractivity contribution in [3.63, 3.8) is 0 Å². The maximum absolute atomic E-state index is 11.7. The lowest BCUT2D eigenvalue weighted by Gasteiger charge is -2.04. The van der Waals surface area contributed by atoms with E-state index >= 15 is 0 Å². The van der Waals surface area contributed by atoms with E-state index in [2.05, 4.69) is 5.10 Å². The highest BCUT2D eigenvalue weighted by Crippen LogP contribution is 2.09. The van der Waals surface area contributed by atoms with E-state index in [0.29, 0.717) is 11.4 Å². The summed E-state index contributed by atoms with van der Waals surface area (Å²) >= 11 is 0. The molecular weight excluding hydrogens is 204 g/mol. The van der Waals surface area contributed by atoms with Crippen LogP contribution in [0.15, 0.2) is 42.6 Å². The lowest BCUT2D eigenvalue weighted by Crippen LogP contribution is -2.15. The van der Waals surface area contributed by atoms with Gasteiger partial charge in [0.25, 0.3) is 0 Å². The summed E-state index contributed by atoms with van der Waals surface area (Å²) in [7, 11) is 1.73. The first kappa shape index (κ1) is 10.4. The Morgan fingerprint density at radius 1 is 1.31 bits per heavy atom. The van der Waals surface area contributed by atoms with Crippen LogP contribution in [0.1, 0.15) is 10.5 Å². The van der Waals surface area contributed by atoms with E-state index in [1.807, 2.05) is 30.3 Å². The number of ketones is 1. The molecule has 0 saturated carbocycles. The van der Waals surface area contributed by atoms with Crippen LogP contribution in [0.5, 0.6) is 5.75 Å². The highest BCUT2D eigenvalue weighted by Gasteiger charge is 2.10. The van der Waals surface area contributed by atoms with E-state index < -0.39 is 0 Å². The van der Waals surface area contributed by atoms with Gasteiger partial charge in [0.05, 0.1) is 0 Å². The van der Waals surface area contributed by atoms with Crippen LogP contribution in [0, 0.1) is 0 Å². The standard InChI is InChI=1S/C12H12N2O2/c1-14-11(7-8-13-14)12(15)9-16-10-5-3-2-4-6-10/h2-8H,9H2,1H3. The number of ether oxygens (including phenoxy) is 1. The molecule has 0 spiro atoms. The number of benzene rings is 1. The van der Waals surface area contributed by atoms with Crippen LogP contribution in [0.2, 0.25) is 0 Å². The fourth-order valence-electron chi connectivity index (χ4n) is 1.39. The molecule has 0 saturated heterocycles. The van der Waals surface area contributed by atoms with Crippen LogP contribution in [0.4, 0.5) is 0 Å². The normalized spacial score (nSPS) is 10.1. The minimum Gasteiger partial charge on any atom is -0.485 e. The van der Waals surface area contributed by atoms with Crippen molar-refractivity contribution < 1.29 is 9.53 Å². The first-order valence-corrected chi connectivity index (χ1v) is 4.96. The Bertz CT molecular complexity index is 477. The van der Waals surface area contributed by atoms with Gasteiger partial charge in [-0.25, -0.2) is 0 Å². The summed E-state index contributed by atoms with van der Waals surface area (Å²) < 4.78 is 6.89. The minimum absolute atomic E-state index is 0.0313. The quantitative estimate of drug-likeness (QED) is 0.730. The zero-order chi connectivity index (χ0) is 11.4. The lowest BCUT2D eigenvalue weighted by molar-refractivity contribution is 0.0912. The predicted octanol–water partition coefficient (Wildman–Crippen LogP) is 1.68. The molecule has 0 fully saturated rings. The van der Waals surface area contributed by atoms with E-state index in [0.717, 1.165) is 0 Å². The molecule has 82 valence electrons. The summed E-state index contributed by atoms with van der Waals surface area (Å²) in [6.45, 7) is 0.0313. The number of hydrogen-bond donors (Lipinski definition) is 0. The van der Waals surface area contributed by atoms with Crippen molar-refractivity contribution in [3.8, 4) is 5.75 Å². The minimum atomic E-state index is -0.0798. The third-order valence-corrected chi connectivity index (χ3v) is 2.22. The van der Waals surface area contributed by atoms with E-state index in [4.69, 9.17) is 4.74 Å². The Hall–Kier alpha value is -2.10. The maximum atomic E-state index is 11.7. The molecule has 0 radical (unpaired) electrons. The molecular formula is C12H12N2O2. The summed E-state index contributed by atoms with van der Waals surface area (Å²) in [6.07, 6.45) is 1.59. The van der Waals surface area contributed by atoms with Crippen molar-refractivity contribution in [2.45, 2.75) is 0 Å². The summed E-state index contributed by atoms with van der Waals surface area (Å²) in [5.74, 6) is 0.613. The van der Waals surface area contributed by atoms with Gasteiger partial charge in [0, 0.05) is 13.2 Å². The van der Waals surface area contributed by atoms with Gasteiger partial charge in [-0.05, 0) is 18.2 Å². The van der Waals surface area contributed by atoms with Crippen molar-refractivity contribution >= 4 is 5.78 Å². The number of aromatic nitrogens is 2. The molecule has 4 nitrogen and oxygen atoms in total. The van der Waals surface area contributed by atoms with Crippen molar-refractivity contribution in [2.24, 2.45) is 7.05 Å². The van der Waals surface area contributed by atoms with Gasteiger partial charge in [-0.1, -0.05) is 18.2 Å². The largest absolute Gasteiger partial charge is 0.485 e. The van der Waals surface area contributed by atoms with Gasteiger partial charge in [0.1, 0.15) is 11.4 Å². The van der Waals surface area contributed by atoms with Crippen molar-refractivity contribution in [3.05, 3.63) is 48.3 Å². The zero-order valence-electron chi connectivity index (χ0n) is 8.96. The third kappa shape index (κ3) is 2.28. The van der Waals surface area contributed by atoms with E-state index in [-0.39, 0.29) is 12.4 Å². The monoisotopic (exact) mass is 216 g/mol. The molecule has 2 rings (SSSR count). The number of nitrogens with zero attached hydrogens (tertiary/aromatic N) is 2. The molecule has 0 atom stereocenters. The van der Waals surface area contributed by atoms with Crippen molar-refractivity contribution in [1.29, 1.82) is 0 Å². The second-order valence-electron chi connectivity index (χ2n) is 3.36. The van der Waals surface area contributed by atoms with Gasteiger partial charge in [-0.15, -0.1) is 0 Å². The SMILES string of the molecule is Cn1nccc1C(=O)COc1ccccc1. The molecule has 0 amide bonds. The number of hydrogen-bond acceptors (Lipinski definition) is 3. The molecule has 0 aliphatic rings. The smallest absolute Gasteiger partial charge is 0.218 e. The average Bonchev–Trinajstić information content (AvgIpc) is 2.74. The first-order chi connectivity index (χ1) is 7.77. The number of carbonyl (C=O) groups is 1. The van der Waals surface area contributed by atoms with Crippen LogP contribution in [0.25, 0.3) is 0 Å². The summed E-state index contributed by atoms with van der Waals surface area (Å²) in [6, 6.07) is 10.9. The Morgan fingerprint density at radius 2 is 2.06 bits per heavy atom. The molecule has 0 aliphatic heterocycles.